The second-order valence-corrected chi connectivity index (χ2v) is 47.7. The quantitative estimate of drug-likeness (QED) is 0.0259. The summed E-state index contributed by atoms with van der Waals surface area (Å²) in [4.78, 5) is 0. The molecule has 682 valence electrons. The van der Waals surface area contributed by atoms with E-state index in [-0.39, 0.29) is 20.4 Å². The number of benzene rings is 18. The van der Waals surface area contributed by atoms with Gasteiger partial charge in [-0.1, -0.05) is 548 Å². The maximum Gasteiger partial charge on any atom is 0.491 e. The number of unbranched alkanes of at least 4 members (excludes halogenated alkanes) is 4. The van der Waals surface area contributed by atoms with Crippen molar-refractivity contribution in [1.82, 2.24) is 0 Å². The SMILES string of the molecule is CCCCCc1ccc(-c2ccc(-c3ccc([Si](C)(C)C)c(F)c3F)cc2)cc1.CCCCCc1ccc(-c2ccc(Br)cc2)cc1.OB(O)c1cccc(F)c1F.[Pd].c1ccc(P(c2ccccc2)c2ccccc2)cc1.c1ccc(P(c2ccccc2)c2ccccc2)cc1.c1ccc(P(c2ccccc2)c2ccccc2)cc1.c1ccc(P(c2ccccc2)c2ccccc2)cc1. The van der Waals surface area contributed by atoms with Crippen molar-refractivity contribution < 1.29 is 48.0 Å². The van der Waals surface area contributed by atoms with Gasteiger partial charge in [-0.05, 0) is 183 Å². The van der Waals surface area contributed by atoms with E-state index in [9.17, 15) is 17.6 Å². The Balaban J connectivity index is 0.000000153. The Bertz CT molecular complexity index is 5510. The molecular weight excluding hydrogens is 1910 g/mol. The second-order valence-electron chi connectivity index (χ2n) is 32.8. The standard InChI is InChI=1S/C26H30F2Si.4C18H15P.C17H19Br.C6H5BF2O2.Pd/c1-5-6-7-8-19-9-11-20(12-10-19)21-13-15-22(16-14-21)23-17-18-24(29(2,3)4)26(28)25(23)27;4*1-4-10-16(11-5-1)19(17-12-6-2-7-13-17)18-14-8-3-9-15-18;1-2-3-4-5-14-6-8-15(9-7-14)16-10-12-17(18)13-11-16;8-5-3-1-2-4(6(5)9)7(10)11;/h9-18H,5-8H2,1-4H3;4*1-15H;6-13H,2-5H2,1H3;1-3,10-11H;. The van der Waals surface area contributed by atoms with Gasteiger partial charge in [0.2, 0.25) is 0 Å². The molecule has 0 spiro atoms. The molecular formula is C121H114BBrF4O2P4PdSi. The zero-order chi connectivity index (χ0) is 93.9. The van der Waals surface area contributed by atoms with Gasteiger partial charge in [-0.25, -0.2) is 17.6 Å². The number of rotatable bonds is 25. The molecule has 0 amide bonds. The van der Waals surface area contributed by atoms with Crippen molar-refractivity contribution in [3.05, 3.63) is 530 Å². The monoisotopic (exact) mass is 2020 g/mol. The first kappa shape index (κ1) is 104. The van der Waals surface area contributed by atoms with Crippen LogP contribution in [0.15, 0.2) is 496 Å². The molecule has 0 bridgehead atoms. The van der Waals surface area contributed by atoms with Gasteiger partial charge in [0.1, 0.15) is 0 Å². The summed E-state index contributed by atoms with van der Waals surface area (Å²) in [5.41, 5.74) is 8.16. The minimum Gasteiger partial charge on any atom is -0.423 e. The van der Waals surface area contributed by atoms with Crippen LogP contribution in [0.25, 0.3) is 33.4 Å². The van der Waals surface area contributed by atoms with Crippen LogP contribution in [-0.2, 0) is 33.3 Å². The minimum absolute atomic E-state index is 0. The van der Waals surface area contributed by atoms with Crippen LogP contribution in [0.3, 0.4) is 0 Å². The predicted molar refractivity (Wildman–Crippen MR) is 583 cm³/mol. The van der Waals surface area contributed by atoms with Crippen LogP contribution in [0.2, 0.25) is 19.6 Å². The minimum atomic E-state index is -1.97. The number of halogens is 5. The molecule has 2 N–H and O–H groups in total. The number of hydrogen-bond acceptors (Lipinski definition) is 2. The molecule has 18 aromatic rings. The Morgan fingerprint density at radius 1 is 0.244 bits per heavy atom. The van der Waals surface area contributed by atoms with Gasteiger partial charge in [0.25, 0.3) is 0 Å². The third-order valence-corrected chi connectivity index (χ3v) is 34.4. The van der Waals surface area contributed by atoms with Crippen LogP contribution < -0.4 is 74.3 Å². The molecule has 0 saturated heterocycles. The normalized spacial score (nSPS) is 10.7. The molecule has 0 saturated carbocycles. The molecule has 0 aromatic heterocycles. The van der Waals surface area contributed by atoms with Crippen molar-refractivity contribution in [3.8, 4) is 33.4 Å². The maximum absolute atomic E-state index is 14.7. The second kappa shape index (κ2) is 56.3. The van der Waals surface area contributed by atoms with Gasteiger partial charge in [0.05, 0.1) is 8.07 Å². The molecule has 0 atom stereocenters. The van der Waals surface area contributed by atoms with Crippen LogP contribution >= 0.6 is 47.6 Å². The summed E-state index contributed by atoms with van der Waals surface area (Å²) in [5.74, 6) is -3.74. The summed E-state index contributed by atoms with van der Waals surface area (Å²) >= 11 is 3.46. The first-order valence-electron chi connectivity index (χ1n) is 45.7. The Hall–Kier alpha value is -11.3. The van der Waals surface area contributed by atoms with Crippen molar-refractivity contribution in [2.75, 3.05) is 0 Å². The van der Waals surface area contributed by atoms with E-state index in [0.717, 1.165) is 34.2 Å². The van der Waals surface area contributed by atoms with E-state index in [0.29, 0.717) is 16.3 Å². The Morgan fingerprint density at radius 3 is 0.681 bits per heavy atom. The zero-order valence-corrected chi connectivity index (χ0v) is 84.6. The average molecular weight is 2030 g/mol. The van der Waals surface area contributed by atoms with E-state index in [1.54, 1.807) is 12.1 Å². The third-order valence-electron chi connectivity index (χ3n) is 22.1. The van der Waals surface area contributed by atoms with Crippen molar-refractivity contribution in [1.29, 1.82) is 0 Å². The molecule has 135 heavy (non-hydrogen) atoms. The Kier molecular flexibility index (Phi) is 43.5. The molecule has 0 aliphatic carbocycles. The van der Waals surface area contributed by atoms with Gasteiger partial charge < -0.3 is 10.0 Å². The molecule has 0 unspecified atom stereocenters. The van der Waals surface area contributed by atoms with Gasteiger partial charge in [0.15, 0.2) is 23.3 Å². The Morgan fingerprint density at radius 2 is 0.467 bits per heavy atom. The van der Waals surface area contributed by atoms with Crippen LogP contribution in [0, 0.1) is 23.3 Å². The molecule has 18 aromatic carbocycles. The van der Waals surface area contributed by atoms with E-state index in [1.165, 1.54) is 137 Å². The van der Waals surface area contributed by atoms with Crippen molar-refractivity contribution >= 4 is 137 Å². The molecule has 0 aliphatic rings. The molecule has 14 heteroatoms. The summed E-state index contributed by atoms with van der Waals surface area (Å²) in [6.07, 6.45) is 9.96. The fourth-order valence-corrected chi connectivity index (χ4v) is 26.0. The van der Waals surface area contributed by atoms with Gasteiger partial charge in [-0.2, -0.15) is 0 Å². The first-order valence-corrected chi connectivity index (χ1v) is 55.3. The summed E-state index contributed by atoms with van der Waals surface area (Å²) in [5, 5.41) is 34.3. The maximum atomic E-state index is 14.7. The summed E-state index contributed by atoms with van der Waals surface area (Å²) < 4.78 is 55.3. The smallest absolute Gasteiger partial charge is 0.423 e. The molecule has 0 radical (unpaired) electrons. The fraction of sp³-hybridized carbons (Fsp3) is 0.107. The first-order chi connectivity index (χ1) is 65.5. The largest absolute Gasteiger partial charge is 0.491 e. The summed E-state index contributed by atoms with van der Waals surface area (Å²) in [6.45, 7) is 10.5. The molecule has 18 rings (SSSR count). The zero-order valence-electron chi connectivity index (χ0n) is 76.9. The summed E-state index contributed by atoms with van der Waals surface area (Å²) in [7, 11) is -5.67. The average Bonchev–Trinajstić information content (AvgIpc) is 0.758. The molecule has 0 fully saturated rings. The van der Waals surface area contributed by atoms with Gasteiger partial charge in [-0.3, -0.25) is 0 Å². The summed E-state index contributed by atoms with van der Waals surface area (Å²) in [6, 6.07) is 170. The Labute approximate surface area is 826 Å². The van der Waals surface area contributed by atoms with Gasteiger partial charge >= 0.3 is 7.12 Å². The van der Waals surface area contributed by atoms with Crippen molar-refractivity contribution in [2.45, 2.75) is 84.9 Å². The van der Waals surface area contributed by atoms with E-state index in [4.69, 9.17) is 10.0 Å². The number of aryl methyl sites for hydroxylation is 2. The predicted octanol–water partition coefficient (Wildman–Crippen LogP) is 26.8. The van der Waals surface area contributed by atoms with Crippen molar-refractivity contribution in [3.63, 3.8) is 0 Å². The van der Waals surface area contributed by atoms with Gasteiger partial charge in [0, 0.05) is 35.9 Å². The molecule has 0 aliphatic heterocycles. The third kappa shape index (κ3) is 32.2. The van der Waals surface area contributed by atoms with Crippen LogP contribution in [0.4, 0.5) is 17.6 Å². The van der Waals surface area contributed by atoms with Crippen LogP contribution in [0.1, 0.15) is 63.5 Å². The molecule has 2 nitrogen and oxygen atoms in total. The van der Waals surface area contributed by atoms with Crippen LogP contribution in [0.5, 0.6) is 0 Å². The number of hydrogen-bond donors (Lipinski definition) is 2. The van der Waals surface area contributed by atoms with Crippen LogP contribution in [-0.4, -0.2) is 25.2 Å². The van der Waals surface area contributed by atoms with Gasteiger partial charge in [-0.15, -0.1) is 0 Å². The van der Waals surface area contributed by atoms with E-state index in [2.05, 4.69) is 467 Å². The van der Waals surface area contributed by atoms with E-state index >= 15 is 0 Å². The van der Waals surface area contributed by atoms with Crippen molar-refractivity contribution in [2.24, 2.45) is 0 Å². The topological polar surface area (TPSA) is 40.5 Å². The van der Waals surface area contributed by atoms with E-state index in [1.807, 2.05) is 43.9 Å². The molecule has 0 heterocycles. The van der Waals surface area contributed by atoms with E-state index < -0.39 is 75.6 Å². The fourth-order valence-electron chi connectivity index (χ4n) is 15.2.